The van der Waals surface area contributed by atoms with Gasteiger partial charge in [0.25, 0.3) is 0 Å². The lowest BCUT2D eigenvalue weighted by atomic mass is 10.1. The standard InChI is InChI=1S/C19H21N5O2/c25-19(10-17-4-3-9-26-17)23-12-15(11-21-18-5-1-2-7-20-18)13-24-16(14-23)6-8-22-24/h1-9,15H,10-14H2,(H,20,21). The van der Waals surface area contributed by atoms with E-state index >= 15 is 0 Å². The van der Waals surface area contributed by atoms with Gasteiger partial charge in [-0.1, -0.05) is 6.07 Å². The number of rotatable bonds is 5. The van der Waals surface area contributed by atoms with E-state index in [4.69, 9.17) is 4.42 Å². The maximum Gasteiger partial charge on any atom is 0.230 e. The zero-order valence-corrected chi connectivity index (χ0v) is 14.4. The first kappa shape index (κ1) is 16.4. The van der Waals surface area contributed by atoms with Gasteiger partial charge < -0.3 is 14.6 Å². The number of nitrogens with zero attached hydrogens (tertiary/aromatic N) is 4. The summed E-state index contributed by atoms with van der Waals surface area (Å²) in [7, 11) is 0. The summed E-state index contributed by atoms with van der Waals surface area (Å²) in [6.45, 7) is 2.73. The molecule has 0 spiro atoms. The quantitative estimate of drug-likeness (QED) is 0.762. The Kier molecular flexibility index (Phi) is 4.68. The van der Waals surface area contributed by atoms with Gasteiger partial charge in [-0.3, -0.25) is 9.48 Å². The van der Waals surface area contributed by atoms with Crippen molar-refractivity contribution in [3.05, 3.63) is 66.5 Å². The van der Waals surface area contributed by atoms with Gasteiger partial charge in [0.15, 0.2) is 0 Å². The molecule has 7 heteroatoms. The molecule has 0 aliphatic carbocycles. The molecule has 4 heterocycles. The molecule has 1 atom stereocenters. The fourth-order valence-electron chi connectivity index (χ4n) is 3.24. The number of nitrogens with one attached hydrogen (secondary N) is 1. The highest BCUT2D eigenvalue weighted by atomic mass is 16.3. The van der Waals surface area contributed by atoms with E-state index in [2.05, 4.69) is 15.4 Å². The number of pyridine rings is 1. The molecule has 3 aromatic rings. The van der Waals surface area contributed by atoms with Gasteiger partial charge in [-0.15, -0.1) is 0 Å². The predicted molar refractivity (Wildman–Crippen MR) is 96.3 cm³/mol. The molecule has 7 nitrogen and oxygen atoms in total. The molecule has 134 valence electrons. The summed E-state index contributed by atoms with van der Waals surface area (Å²) in [5.74, 6) is 1.83. The number of hydrogen-bond donors (Lipinski definition) is 1. The molecule has 4 rings (SSSR count). The van der Waals surface area contributed by atoms with Crippen molar-refractivity contribution in [3.63, 3.8) is 0 Å². The van der Waals surface area contributed by atoms with Crippen LogP contribution < -0.4 is 5.32 Å². The smallest absolute Gasteiger partial charge is 0.230 e. The van der Waals surface area contributed by atoms with Gasteiger partial charge in [-0.05, 0) is 30.3 Å². The van der Waals surface area contributed by atoms with Crippen LogP contribution >= 0.6 is 0 Å². The second-order valence-corrected chi connectivity index (χ2v) is 6.50. The number of furan rings is 1. The zero-order chi connectivity index (χ0) is 17.8. The molecular weight excluding hydrogens is 330 g/mol. The van der Waals surface area contributed by atoms with Gasteiger partial charge in [0.1, 0.15) is 11.6 Å². The Morgan fingerprint density at radius 2 is 2.15 bits per heavy atom. The molecule has 0 saturated heterocycles. The number of aromatic nitrogens is 3. The van der Waals surface area contributed by atoms with Crippen LogP contribution in [0.3, 0.4) is 0 Å². The van der Waals surface area contributed by atoms with E-state index in [9.17, 15) is 4.79 Å². The molecule has 0 fully saturated rings. The largest absolute Gasteiger partial charge is 0.469 e. The monoisotopic (exact) mass is 351 g/mol. The van der Waals surface area contributed by atoms with Crippen molar-refractivity contribution < 1.29 is 9.21 Å². The molecule has 1 amide bonds. The highest BCUT2D eigenvalue weighted by Gasteiger charge is 2.26. The maximum absolute atomic E-state index is 12.8. The molecule has 1 N–H and O–H groups in total. The molecule has 1 unspecified atom stereocenters. The summed E-state index contributed by atoms with van der Waals surface area (Å²) < 4.78 is 7.32. The third-order valence-electron chi connectivity index (χ3n) is 4.56. The van der Waals surface area contributed by atoms with E-state index in [0.29, 0.717) is 18.8 Å². The first-order valence-corrected chi connectivity index (χ1v) is 8.73. The minimum atomic E-state index is 0.0671. The van der Waals surface area contributed by atoms with Crippen LogP contribution in [-0.2, 0) is 24.3 Å². The van der Waals surface area contributed by atoms with Crippen molar-refractivity contribution in [2.24, 2.45) is 5.92 Å². The van der Waals surface area contributed by atoms with Crippen molar-refractivity contribution in [2.45, 2.75) is 19.5 Å². The Bertz CT molecular complexity index is 844. The topological polar surface area (TPSA) is 76.2 Å². The fraction of sp³-hybridized carbons (Fsp3) is 0.316. The van der Waals surface area contributed by atoms with Gasteiger partial charge >= 0.3 is 0 Å². The fourth-order valence-corrected chi connectivity index (χ4v) is 3.24. The lowest BCUT2D eigenvalue weighted by molar-refractivity contribution is -0.131. The molecule has 3 aromatic heterocycles. The van der Waals surface area contributed by atoms with E-state index in [1.165, 1.54) is 0 Å². The number of hydrogen-bond acceptors (Lipinski definition) is 5. The van der Waals surface area contributed by atoms with Crippen molar-refractivity contribution in [1.29, 1.82) is 0 Å². The molecule has 0 saturated carbocycles. The highest BCUT2D eigenvalue weighted by molar-refractivity contribution is 5.78. The molecule has 0 bridgehead atoms. The average molecular weight is 351 g/mol. The average Bonchev–Trinajstić information content (AvgIpc) is 3.29. The summed E-state index contributed by atoms with van der Waals surface area (Å²) in [6.07, 6.45) is 5.43. The van der Waals surface area contributed by atoms with Gasteiger partial charge in [-0.2, -0.15) is 5.10 Å². The normalized spacial score (nSPS) is 16.8. The summed E-state index contributed by atoms with van der Waals surface area (Å²) in [5.41, 5.74) is 1.05. The van der Waals surface area contributed by atoms with E-state index in [1.807, 2.05) is 39.9 Å². The lowest BCUT2D eigenvalue weighted by Gasteiger charge is -2.24. The Morgan fingerprint density at radius 1 is 1.19 bits per heavy atom. The number of fused-ring (bicyclic) bond motifs is 1. The highest BCUT2D eigenvalue weighted by Crippen LogP contribution is 2.18. The van der Waals surface area contributed by atoms with E-state index < -0.39 is 0 Å². The molecular formula is C19H21N5O2. The van der Waals surface area contributed by atoms with Gasteiger partial charge in [0.05, 0.1) is 24.9 Å². The second kappa shape index (κ2) is 7.43. The first-order valence-electron chi connectivity index (χ1n) is 8.73. The van der Waals surface area contributed by atoms with Crippen LogP contribution in [0.2, 0.25) is 0 Å². The Labute approximate surface area is 151 Å². The summed E-state index contributed by atoms with van der Waals surface area (Å²) >= 11 is 0. The van der Waals surface area contributed by atoms with Gasteiger partial charge in [0.2, 0.25) is 5.91 Å². The third kappa shape index (κ3) is 3.77. The summed E-state index contributed by atoms with van der Waals surface area (Å²) in [4.78, 5) is 19.0. The zero-order valence-electron chi connectivity index (χ0n) is 14.4. The van der Waals surface area contributed by atoms with E-state index in [1.54, 1.807) is 24.7 Å². The first-order chi connectivity index (χ1) is 12.8. The maximum atomic E-state index is 12.8. The third-order valence-corrected chi connectivity index (χ3v) is 4.56. The second-order valence-electron chi connectivity index (χ2n) is 6.50. The minimum absolute atomic E-state index is 0.0671. The van der Waals surface area contributed by atoms with Crippen molar-refractivity contribution >= 4 is 11.7 Å². The predicted octanol–water partition coefficient (Wildman–Crippen LogP) is 2.18. The van der Waals surface area contributed by atoms with Gasteiger partial charge in [0, 0.05) is 37.9 Å². The summed E-state index contributed by atoms with van der Waals surface area (Å²) in [6, 6.07) is 11.4. The Hall–Kier alpha value is -3.09. The van der Waals surface area contributed by atoms with Crippen molar-refractivity contribution in [2.75, 3.05) is 18.4 Å². The van der Waals surface area contributed by atoms with Crippen LogP contribution in [0.25, 0.3) is 0 Å². The van der Waals surface area contributed by atoms with E-state index in [0.717, 1.165) is 24.6 Å². The number of anilines is 1. The van der Waals surface area contributed by atoms with Crippen LogP contribution in [0.15, 0.2) is 59.5 Å². The SMILES string of the molecule is O=C(Cc1ccco1)N1Cc2ccnn2CC(CNc2ccccn2)C1. The van der Waals surface area contributed by atoms with Crippen LogP contribution in [0.1, 0.15) is 11.5 Å². The number of amides is 1. The van der Waals surface area contributed by atoms with Crippen LogP contribution in [0.5, 0.6) is 0 Å². The molecule has 0 aromatic carbocycles. The minimum Gasteiger partial charge on any atom is -0.469 e. The van der Waals surface area contributed by atoms with Crippen LogP contribution in [-0.4, -0.2) is 38.7 Å². The van der Waals surface area contributed by atoms with Crippen molar-refractivity contribution in [3.8, 4) is 0 Å². The van der Waals surface area contributed by atoms with Gasteiger partial charge in [-0.25, -0.2) is 4.98 Å². The number of carbonyl (C=O) groups is 1. The molecule has 1 aliphatic heterocycles. The van der Waals surface area contributed by atoms with E-state index in [-0.39, 0.29) is 18.2 Å². The van der Waals surface area contributed by atoms with Crippen LogP contribution in [0.4, 0.5) is 5.82 Å². The Balaban J connectivity index is 1.47. The Morgan fingerprint density at radius 3 is 2.96 bits per heavy atom. The van der Waals surface area contributed by atoms with Crippen LogP contribution in [0, 0.1) is 5.92 Å². The molecule has 0 radical (unpaired) electrons. The number of carbonyl (C=O) groups excluding carboxylic acids is 1. The lowest BCUT2D eigenvalue weighted by Crippen LogP contribution is -2.37. The molecule has 26 heavy (non-hydrogen) atoms. The van der Waals surface area contributed by atoms with Crippen molar-refractivity contribution in [1.82, 2.24) is 19.7 Å². The summed E-state index contributed by atoms with van der Waals surface area (Å²) in [5, 5.41) is 7.77. The molecule has 1 aliphatic rings.